The van der Waals surface area contributed by atoms with Gasteiger partial charge in [-0.15, -0.1) is 0 Å². The van der Waals surface area contributed by atoms with Crippen LogP contribution in [0.5, 0.6) is 0 Å². The van der Waals surface area contributed by atoms with Crippen LogP contribution < -0.4 is 5.56 Å². The van der Waals surface area contributed by atoms with Crippen molar-refractivity contribution in [1.82, 2.24) is 9.55 Å². The highest BCUT2D eigenvalue weighted by Crippen LogP contribution is 2.11. The second-order valence-corrected chi connectivity index (χ2v) is 4.67. The number of esters is 1. The summed E-state index contributed by atoms with van der Waals surface area (Å²) in [6, 6.07) is 4.05. The van der Waals surface area contributed by atoms with Crippen LogP contribution in [0.15, 0.2) is 35.4 Å². The number of methoxy groups -OCH3 is 1. The van der Waals surface area contributed by atoms with Crippen LogP contribution in [0, 0.1) is 10.1 Å². The first-order valence-electron chi connectivity index (χ1n) is 6.00. The molecule has 0 aliphatic rings. The number of ether oxygens (including phenoxy) is 1. The van der Waals surface area contributed by atoms with Crippen LogP contribution in [0.3, 0.4) is 0 Å². The molecule has 0 N–H and O–H groups in total. The van der Waals surface area contributed by atoms with E-state index in [1.54, 1.807) is 6.07 Å². The largest absolute Gasteiger partial charge is 0.465 e. The highest BCUT2D eigenvalue weighted by atomic mass is 35.5. The van der Waals surface area contributed by atoms with Crippen molar-refractivity contribution in [2.45, 2.75) is 6.54 Å². The molecular formula is C13H10ClN3O5. The summed E-state index contributed by atoms with van der Waals surface area (Å²) in [5.41, 5.74) is -1.02. The molecule has 2 rings (SSSR count). The molecule has 0 unspecified atom stereocenters. The number of nitro groups is 1. The third kappa shape index (κ3) is 3.29. The Hall–Kier alpha value is -2.74. The third-order valence-corrected chi connectivity index (χ3v) is 3.05. The van der Waals surface area contributed by atoms with E-state index in [9.17, 15) is 19.7 Å². The molecule has 2 heterocycles. The van der Waals surface area contributed by atoms with E-state index >= 15 is 0 Å². The number of rotatable bonds is 4. The second-order valence-electron chi connectivity index (χ2n) is 4.28. The fourth-order valence-corrected chi connectivity index (χ4v) is 1.91. The van der Waals surface area contributed by atoms with Gasteiger partial charge >= 0.3 is 17.2 Å². The second kappa shape index (κ2) is 6.35. The summed E-state index contributed by atoms with van der Waals surface area (Å²) in [5.74, 6) is -0.772. The van der Waals surface area contributed by atoms with Gasteiger partial charge in [-0.2, -0.15) is 0 Å². The zero-order valence-corrected chi connectivity index (χ0v) is 12.1. The Bertz CT molecular complexity index is 785. The summed E-state index contributed by atoms with van der Waals surface area (Å²) in [6.45, 7) is 0.00861. The molecule has 2 aromatic heterocycles. The van der Waals surface area contributed by atoms with Gasteiger partial charge in [0.15, 0.2) is 0 Å². The molecule has 0 radical (unpaired) electrons. The van der Waals surface area contributed by atoms with E-state index in [0.717, 1.165) is 17.7 Å². The lowest BCUT2D eigenvalue weighted by Gasteiger charge is -2.08. The summed E-state index contributed by atoms with van der Waals surface area (Å²) >= 11 is 5.67. The van der Waals surface area contributed by atoms with Gasteiger partial charge in [0.2, 0.25) is 0 Å². The fourth-order valence-electron chi connectivity index (χ4n) is 1.79. The molecule has 0 saturated carbocycles. The van der Waals surface area contributed by atoms with Crippen LogP contribution >= 0.6 is 11.6 Å². The van der Waals surface area contributed by atoms with Crippen molar-refractivity contribution < 1.29 is 14.5 Å². The molecule has 114 valence electrons. The molecule has 0 aliphatic carbocycles. The number of hydrogen-bond donors (Lipinski definition) is 0. The van der Waals surface area contributed by atoms with Crippen molar-refractivity contribution in [3.8, 4) is 0 Å². The fraction of sp³-hybridized carbons (Fsp3) is 0.154. The Kier molecular flexibility index (Phi) is 4.52. The van der Waals surface area contributed by atoms with Gasteiger partial charge in [0.05, 0.1) is 24.1 Å². The molecule has 0 amide bonds. The Balaban J connectivity index is 2.51. The van der Waals surface area contributed by atoms with Gasteiger partial charge in [-0.3, -0.25) is 14.9 Å². The number of carbonyl (C=O) groups excluding carboxylic acids is 1. The molecule has 0 bridgehead atoms. The van der Waals surface area contributed by atoms with E-state index in [0.29, 0.717) is 5.56 Å². The summed E-state index contributed by atoms with van der Waals surface area (Å²) in [7, 11) is 1.15. The molecule has 9 heteroatoms. The highest BCUT2D eigenvalue weighted by Gasteiger charge is 2.20. The Labute approximate surface area is 129 Å². The maximum Gasteiger partial charge on any atom is 0.339 e. The number of halogens is 1. The number of carbonyl (C=O) groups is 1. The van der Waals surface area contributed by atoms with Crippen molar-refractivity contribution >= 4 is 23.3 Å². The lowest BCUT2D eigenvalue weighted by molar-refractivity contribution is -0.386. The van der Waals surface area contributed by atoms with E-state index in [1.807, 2.05) is 0 Å². The molecule has 0 atom stereocenters. The molecule has 0 saturated heterocycles. The van der Waals surface area contributed by atoms with Crippen molar-refractivity contribution in [2.24, 2.45) is 0 Å². The number of hydrogen-bond acceptors (Lipinski definition) is 6. The maximum atomic E-state index is 12.1. The molecule has 22 heavy (non-hydrogen) atoms. The van der Waals surface area contributed by atoms with Crippen LogP contribution in [0.1, 0.15) is 15.9 Å². The zero-order valence-electron chi connectivity index (χ0n) is 11.4. The first kappa shape index (κ1) is 15.6. The minimum absolute atomic E-state index is 0.00861. The zero-order chi connectivity index (χ0) is 16.3. The minimum atomic E-state index is -0.842. The van der Waals surface area contributed by atoms with Crippen molar-refractivity contribution in [3.63, 3.8) is 0 Å². The van der Waals surface area contributed by atoms with Crippen LogP contribution in [0.2, 0.25) is 5.15 Å². The van der Waals surface area contributed by atoms with Gasteiger partial charge in [-0.05, 0) is 11.6 Å². The van der Waals surface area contributed by atoms with Crippen LogP contribution in [0.25, 0.3) is 0 Å². The van der Waals surface area contributed by atoms with Gasteiger partial charge < -0.3 is 9.30 Å². The standard InChI is InChI=1S/C13H10ClN3O5/c1-22-13(19)9-4-10(17(20)21)12(18)16(7-9)6-8-2-3-11(14)15-5-8/h2-5,7H,6H2,1H3. The first-order valence-corrected chi connectivity index (χ1v) is 6.38. The Morgan fingerprint density at radius 3 is 2.77 bits per heavy atom. The average molecular weight is 324 g/mol. The summed E-state index contributed by atoms with van der Waals surface area (Å²) in [6.07, 6.45) is 2.64. The highest BCUT2D eigenvalue weighted by molar-refractivity contribution is 6.29. The maximum absolute atomic E-state index is 12.1. The van der Waals surface area contributed by atoms with Crippen molar-refractivity contribution in [1.29, 1.82) is 0 Å². The number of aromatic nitrogens is 2. The Morgan fingerprint density at radius 2 is 2.23 bits per heavy atom. The van der Waals surface area contributed by atoms with Crippen LogP contribution in [-0.4, -0.2) is 27.6 Å². The van der Waals surface area contributed by atoms with Gasteiger partial charge in [0.25, 0.3) is 0 Å². The van der Waals surface area contributed by atoms with E-state index in [2.05, 4.69) is 9.72 Å². The lowest BCUT2D eigenvalue weighted by Crippen LogP contribution is -2.24. The predicted molar refractivity (Wildman–Crippen MR) is 77.0 cm³/mol. The first-order chi connectivity index (χ1) is 10.4. The van der Waals surface area contributed by atoms with Gasteiger partial charge in [-0.25, -0.2) is 9.78 Å². The smallest absolute Gasteiger partial charge is 0.339 e. The third-order valence-electron chi connectivity index (χ3n) is 2.83. The molecular weight excluding hydrogens is 314 g/mol. The molecule has 0 aliphatic heterocycles. The van der Waals surface area contributed by atoms with E-state index in [-0.39, 0.29) is 17.3 Å². The lowest BCUT2D eigenvalue weighted by atomic mass is 10.2. The summed E-state index contributed by atoms with van der Waals surface area (Å²) in [4.78, 5) is 37.6. The van der Waals surface area contributed by atoms with Crippen molar-refractivity contribution in [3.05, 3.63) is 67.3 Å². The molecule has 0 spiro atoms. The molecule has 0 fully saturated rings. The average Bonchev–Trinajstić information content (AvgIpc) is 2.50. The summed E-state index contributed by atoms with van der Waals surface area (Å²) < 4.78 is 5.58. The molecule has 8 nitrogen and oxygen atoms in total. The molecule has 0 aromatic carbocycles. The van der Waals surface area contributed by atoms with E-state index in [4.69, 9.17) is 11.6 Å². The number of nitrogens with zero attached hydrogens (tertiary/aromatic N) is 3. The monoisotopic (exact) mass is 323 g/mol. The van der Waals surface area contributed by atoms with E-state index < -0.39 is 22.1 Å². The summed E-state index contributed by atoms with van der Waals surface area (Å²) in [5, 5.41) is 11.2. The van der Waals surface area contributed by atoms with Gasteiger partial charge in [-0.1, -0.05) is 17.7 Å². The van der Waals surface area contributed by atoms with Gasteiger partial charge in [0, 0.05) is 18.5 Å². The van der Waals surface area contributed by atoms with Gasteiger partial charge in [0.1, 0.15) is 5.15 Å². The minimum Gasteiger partial charge on any atom is -0.465 e. The SMILES string of the molecule is COC(=O)c1cc([N+](=O)[O-])c(=O)n(Cc2ccc(Cl)nc2)c1. The molecule has 2 aromatic rings. The normalized spacial score (nSPS) is 10.3. The quantitative estimate of drug-likeness (QED) is 0.366. The Morgan fingerprint density at radius 1 is 1.50 bits per heavy atom. The van der Waals surface area contributed by atoms with E-state index in [1.165, 1.54) is 18.5 Å². The van der Waals surface area contributed by atoms with Crippen molar-refractivity contribution in [2.75, 3.05) is 7.11 Å². The topological polar surface area (TPSA) is 104 Å². The number of pyridine rings is 2. The van der Waals surface area contributed by atoms with Crippen LogP contribution in [-0.2, 0) is 11.3 Å². The predicted octanol–water partition coefficient (Wildman–Crippen LogP) is 1.64. The van der Waals surface area contributed by atoms with Crippen LogP contribution in [0.4, 0.5) is 5.69 Å².